The highest BCUT2D eigenvalue weighted by atomic mass is 32.1. The number of allylic oxidation sites excluding steroid dienone is 1. The fraction of sp³-hybridized carbons (Fsp3) is 0.724. The number of aliphatic hydroxyl groups is 2. The highest BCUT2D eigenvalue weighted by Gasteiger charge is 2.44. The quantitative estimate of drug-likeness (QED) is 0.0696. The largest absolute Gasteiger partial charge is 0.789 e. The molecule has 9 atom stereocenters. The van der Waals surface area contributed by atoms with E-state index in [1.165, 1.54) is 6.08 Å². The van der Waals surface area contributed by atoms with Gasteiger partial charge in [0.1, 0.15) is 12.2 Å². The Morgan fingerprint density at radius 2 is 2.00 bits per heavy atom. The second-order valence-corrected chi connectivity index (χ2v) is 10.8. The van der Waals surface area contributed by atoms with Crippen molar-refractivity contribution in [2.75, 3.05) is 33.1 Å². The van der Waals surface area contributed by atoms with E-state index in [1.54, 1.807) is 34.0 Å². The van der Waals surface area contributed by atoms with Crippen molar-refractivity contribution in [2.24, 2.45) is 0 Å². The van der Waals surface area contributed by atoms with Crippen molar-refractivity contribution in [3.63, 3.8) is 0 Å². The van der Waals surface area contributed by atoms with E-state index in [0.717, 1.165) is 13.7 Å². The van der Waals surface area contributed by atoms with Crippen LogP contribution in [0.25, 0.3) is 0 Å². The topological polar surface area (TPSA) is 154 Å². The highest BCUT2D eigenvalue weighted by Crippen LogP contribution is 2.35. The Hall–Kier alpha value is -1.81. The number of nitrogens with one attached hydrogen (secondary N) is 2. The standard InChI is InChI=1S/C29H48N2O10S/c1-8-22(25(19(15-32)31-28(34)37-7)18(11-12-42)29(5,35)9-2)40-27-26(21(33)13-17(4)39-27)41-24-14-23(36-6)20(16-38-24)30-10-3/h8,11,15,17,20-24,26-27,30,33,35,42H,1,9-10,12-14,16H2,2-7H3,(H,31,34)/p-1/b18-11-,25-19-/t17-,20+,21+,22+,23+,24+,26-,27+,29+/m1/s1. The molecule has 4 N–H and O–H groups in total. The minimum atomic E-state index is -1.46. The van der Waals surface area contributed by atoms with Crippen LogP contribution in [0, 0.1) is 0 Å². The lowest BCUT2D eigenvalue weighted by Gasteiger charge is -2.43. The Morgan fingerprint density at radius 1 is 1.29 bits per heavy atom. The van der Waals surface area contributed by atoms with E-state index in [-0.39, 0.29) is 47.6 Å². The van der Waals surface area contributed by atoms with Crippen molar-refractivity contribution in [1.29, 1.82) is 0 Å². The maximum atomic E-state index is 12.3. The van der Waals surface area contributed by atoms with Gasteiger partial charge in [0, 0.05) is 25.5 Å². The van der Waals surface area contributed by atoms with Crippen molar-refractivity contribution in [3.05, 3.63) is 35.6 Å². The number of hydrogen-bond donors (Lipinski definition) is 4. The number of rotatable bonds is 15. The van der Waals surface area contributed by atoms with Crippen LogP contribution in [-0.2, 0) is 45.8 Å². The molecule has 0 aliphatic carbocycles. The number of ether oxygens (including phenoxy) is 6. The van der Waals surface area contributed by atoms with Gasteiger partial charge >= 0.3 is 6.09 Å². The molecule has 0 aromatic rings. The average molecular weight is 616 g/mol. The molecule has 240 valence electrons. The number of methoxy groups -OCH3 is 2. The minimum absolute atomic E-state index is 0.0117. The lowest BCUT2D eigenvalue weighted by Crippen LogP contribution is -2.56. The van der Waals surface area contributed by atoms with Crippen LogP contribution < -0.4 is 10.6 Å². The summed E-state index contributed by atoms with van der Waals surface area (Å²) in [6.07, 6.45) is -2.12. The lowest BCUT2D eigenvalue weighted by molar-refractivity contribution is -0.320. The van der Waals surface area contributed by atoms with E-state index in [9.17, 15) is 19.8 Å². The van der Waals surface area contributed by atoms with E-state index in [1.807, 2.05) is 6.92 Å². The molecule has 2 fully saturated rings. The van der Waals surface area contributed by atoms with Gasteiger partial charge in [0.05, 0.1) is 49.4 Å². The van der Waals surface area contributed by atoms with Gasteiger partial charge in [0.15, 0.2) is 18.9 Å². The highest BCUT2D eigenvalue weighted by molar-refractivity contribution is 7.58. The third kappa shape index (κ3) is 9.60. The molecule has 0 bridgehead atoms. The summed E-state index contributed by atoms with van der Waals surface area (Å²) in [6, 6.07) is -0.0117. The number of hydrogen-bond acceptors (Lipinski definition) is 12. The first-order valence-electron chi connectivity index (χ1n) is 14.2. The van der Waals surface area contributed by atoms with Gasteiger partial charge in [-0.1, -0.05) is 19.9 Å². The van der Waals surface area contributed by atoms with Crippen molar-refractivity contribution < 1.29 is 48.2 Å². The molecule has 0 saturated carbocycles. The number of carbonyl (C=O) groups excluding carboxylic acids is 2. The third-order valence-corrected chi connectivity index (χ3v) is 7.62. The summed E-state index contributed by atoms with van der Waals surface area (Å²) in [5.41, 5.74) is -1.31. The molecule has 2 heterocycles. The molecule has 12 nitrogen and oxygen atoms in total. The number of aldehydes is 1. The number of likely N-dealkylation sites (N-methyl/N-ethyl adjacent to an activating group) is 1. The van der Waals surface area contributed by atoms with Gasteiger partial charge in [0.2, 0.25) is 0 Å². The Balaban J connectivity index is 2.49. The summed E-state index contributed by atoms with van der Waals surface area (Å²) >= 11 is 5.18. The van der Waals surface area contributed by atoms with E-state index in [0.29, 0.717) is 19.3 Å². The van der Waals surface area contributed by atoms with Gasteiger partial charge in [-0.05, 0) is 32.4 Å². The Kier molecular flexibility index (Phi) is 15.1. The summed E-state index contributed by atoms with van der Waals surface area (Å²) in [5, 5.41) is 28.1. The molecule has 0 unspecified atom stereocenters. The first kappa shape index (κ1) is 36.4. The van der Waals surface area contributed by atoms with Crippen LogP contribution in [-0.4, -0.2) is 110 Å². The van der Waals surface area contributed by atoms with Crippen LogP contribution in [0.3, 0.4) is 0 Å². The van der Waals surface area contributed by atoms with Gasteiger partial charge in [-0.15, -0.1) is 12.7 Å². The number of aliphatic hydroxyl groups excluding tert-OH is 1. The van der Waals surface area contributed by atoms with Crippen LogP contribution in [0.5, 0.6) is 0 Å². The minimum Gasteiger partial charge on any atom is -0.789 e. The maximum absolute atomic E-state index is 12.3. The molecule has 13 heteroatoms. The Morgan fingerprint density at radius 3 is 2.55 bits per heavy atom. The smallest absolute Gasteiger partial charge is 0.411 e. The Bertz CT molecular complexity index is 959. The zero-order valence-electron chi connectivity index (χ0n) is 25.4. The number of carbonyl (C=O) groups is 2. The van der Waals surface area contributed by atoms with E-state index >= 15 is 0 Å². The zero-order valence-corrected chi connectivity index (χ0v) is 26.2. The normalized spacial score (nSPS) is 31.4. The molecule has 2 rings (SSSR count). The lowest BCUT2D eigenvalue weighted by atomic mass is 9.83. The molecule has 0 aromatic heterocycles. The molecule has 0 aromatic carbocycles. The van der Waals surface area contributed by atoms with E-state index in [4.69, 9.17) is 41.0 Å². The molecule has 42 heavy (non-hydrogen) atoms. The van der Waals surface area contributed by atoms with Crippen molar-refractivity contribution in [1.82, 2.24) is 10.6 Å². The number of amides is 1. The fourth-order valence-electron chi connectivity index (χ4n) is 5.06. The summed E-state index contributed by atoms with van der Waals surface area (Å²) in [6.45, 7) is 12.1. The molecule has 2 aliphatic rings. The van der Waals surface area contributed by atoms with Crippen molar-refractivity contribution in [2.45, 2.75) is 102 Å². The van der Waals surface area contributed by atoms with Crippen LogP contribution >= 0.6 is 0 Å². The third-order valence-electron chi connectivity index (χ3n) is 7.46. The maximum Gasteiger partial charge on any atom is 0.411 e. The molecular weight excluding hydrogens is 568 g/mol. The van der Waals surface area contributed by atoms with Gasteiger partial charge in [-0.2, -0.15) is 5.75 Å². The second kappa shape index (κ2) is 17.5. The van der Waals surface area contributed by atoms with Crippen LogP contribution in [0.1, 0.15) is 47.0 Å². The molecule has 0 radical (unpaired) electrons. The molecular formula is C29H47N2O10S-. The monoisotopic (exact) mass is 615 g/mol. The molecule has 1 amide bonds. The van der Waals surface area contributed by atoms with Gasteiger partial charge in [0.25, 0.3) is 0 Å². The molecule has 2 aliphatic heterocycles. The van der Waals surface area contributed by atoms with Crippen molar-refractivity contribution >= 4 is 25.0 Å². The SMILES string of the molecule is C=C[C@H](O[C@@H]1O[C@H](C)C[C@H](O)[C@H]1O[C@H]1C[C@H](OC)[C@@H](NCC)CO1)C(/C(=C/C[S-])[C@@](C)(O)CC)=C(/C=O)NC(=O)OC. The Labute approximate surface area is 254 Å². The molecule has 2 saturated heterocycles. The first-order chi connectivity index (χ1) is 20.0. The predicted octanol–water partition coefficient (Wildman–Crippen LogP) is 1.62. The summed E-state index contributed by atoms with van der Waals surface area (Å²) in [5.74, 6) is 0.0954. The fourth-order valence-corrected chi connectivity index (χ4v) is 5.22. The van der Waals surface area contributed by atoms with Gasteiger partial charge in [-0.3, -0.25) is 10.1 Å². The zero-order chi connectivity index (χ0) is 31.4. The molecule has 0 spiro atoms. The average Bonchev–Trinajstić information content (AvgIpc) is 2.97. The van der Waals surface area contributed by atoms with Gasteiger partial charge < -0.3 is 56.6 Å². The first-order valence-corrected chi connectivity index (χ1v) is 14.8. The summed E-state index contributed by atoms with van der Waals surface area (Å²) in [4.78, 5) is 24.5. The van der Waals surface area contributed by atoms with Gasteiger partial charge in [-0.25, -0.2) is 4.79 Å². The van der Waals surface area contributed by atoms with E-state index < -0.39 is 48.7 Å². The number of alkyl carbamates (subject to hydrolysis) is 1. The van der Waals surface area contributed by atoms with Crippen LogP contribution in [0.4, 0.5) is 4.79 Å². The van der Waals surface area contributed by atoms with Crippen LogP contribution in [0.15, 0.2) is 35.6 Å². The second-order valence-electron chi connectivity index (χ2n) is 10.4. The summed E-state index contributed by atoms with van der Waals surface area (Å²) < 4.78 is 35.0. The van der Waals surface area contributed by atoms with Crippen molar-refractivity contribution in [3.8, 4) is 0 Å². The predicted molar refractivity (Wildman–Crippen MR) is 157 cm³/mol. The summed E-state index contributed by atoms with van der Waals surface area (Å²) in [7, 11) is 2.78. The van der Waals surface area contributed by atoms with Crippen LogP contribution in [0.2, 0.25) is 0 Å². The van der Waals surface area contributed by atoms with E-state index in [2.05, 4.69) is 17.2 Å².